The molecule has 19 heteroatoms. The Morgan fingerprint density at radius 3 is 1.92 bits per heavy atom. The Morgan fingerprint density at radius 2 is 1.44 bits per heavy atom. The van der Waals surface area contributed by atoms with Gasteiger partial charge in [0, 0.05) is 50.0 Å². The molecule has 18 atom stereocenters. The number of hydrogen-bond donors (Lipinski definition) is 5. The summed E-state index contributed by atoms with van der Waals surface area (Å²) in [5.74, 6) is -4.75. The molecule has 0 amide bonds. The number of aliphatic hydroxyl groups excluding tert-OH is 3. The van der Waals surface area contributed by atoms with Gasteiger partial charge in [0.2, 0.25) is 0 Å². The largest absolute Gasteiger partial charge is 2.00 e. The zero-order chi connectivity index (χ0) is 46.8. The molecule has 5 N–H and O–H groups in total. The van der Waals surface area contributed by atoms with E-state index < -0.39 is 108 Å². The van der Waals surface area contributed by atoms with E-state index >= 15 is 0 Å². The molecule has 18 nitrogen and oxygen atoms in total. The molecule has 0 aromatic heterocycles. The van der Waals surface area contributed by atoms with Crippen molar-refractivity contribution < 1.29 is 78.6 Å². The molecule has 3 saturated heterocycles. The number of carbonyl (C=O) groups excluding carboxylic acids is 3. The monoisotopic (exact) mass is 891 g/mol. The Morgan fingerprint density at radius 1 is 0.918 bits per heavy atom. The smallest absolute Gasteiger partial charge is 0.550 e. The normalized spacial score (nSPS) is 43.1. The van der Waals surface area contributed by atoms with Gasteiger partial charge in [0.1, 0.15) is 30.0 Å². The summed E-state index contributed by atoms with van der Waals surface area (Å²) < 4.78 is 37.5. The number of aliphatic hydroxyl groups is 5. The fraction of sp³-hybridized carbons (Fsp3) is 0.929. The molecule has 0 bridgehead atoms. The average molecular weight is 891 g/mol. The van der Waals surface area contributed by atoms with E-state index in [4.69, 9.17) is 48.2 Å². The number of methoxy groups -OCH3 is 1. The van der Waals surface area contributed by atoms with Crippen molar-refractivity contribution in [3.8, 4) is 0 Å². The van der Waals surface area contributed by atoms with E-state index in [1.165, 1.54) is 14.0 Å². The van der Waals surface area contributed by atoms with Gasteiger partial charge in [-0.3, -0.25) is 4.79 Å². The first-order valence-electron chi connectivity index (χ1n) is 21.0. The number of nitrogens with zero attached hydrogens (tertiary/aromatic N) is 2. The minimum absolute atomic E-state index is 0. The second-order valence-corrected chi connectivity index (χ2v) is 18.1. The molecule has 3 fully saturated rings. The molecular weight excluding hydrogens is 813 g/mol. The Balaban J connectivity index is 0.00000366. The second kappa shape index (κ2) is 25.4. The molecule has 354 valence electrons. The molecule has 0 aliphatic carbocycles. The fourth-order valence-electron chi connectivity index (χ4n) is 8.74. The first kappa shape index (κ1) is 59.7. The minimum Gasteiger partial charge on any atom is -0.550 e. The van der Waals surface area contributed by atoms with Crippen LogP contribution < -0.4 is 10.2 Å². The summed E-state index contributed by atoms with van der Waals surface area (Å²) in [4.78, 5) is 35.8. The number of esters is 1. The molecule has 0 aromatic rings. The van der Waals surface area contributed by atoms with Crippen molar-refractivity contribution in [1.29, 1.82) is 0 Å². The van der Waals surface area contributed by atoms with Crippen LogP contribution in [0.5, 0.6) is 0 Å². The number of carbonyl (C=O) groups is 3. The molecule has 61 heavy (non-hydrogen) atoms. The van der Waals surface area contributed by atoms with Crippen molar-refractivity contribution in [2.45, 2.75) is 199 Å². The van der Waals surface area contributed by atoms with Crippen LogP contribution in [0.4, 0.5) is 0 Å². The van der Waals surface area contributed by atoms with E-state index in [9.17, 15) is 30.3 Å². The van der Waals surface area contributed by atoms with Crippen LogP contribution in [0.2, 0.25) is 0 Å². The van der Waals surface area contributed by atoms with Crippen LogP contribution in [0.25, 0.3) is 0 Å². The Kier molecular flexibility index (Phi) is 24.9. The molecule has 3 heterocycles. The molecule has 3 aliphatic heterocycles. The van der Waals surface area contributed by atoms with E-state index in [2.05, 4.69) is 0 Å². The van der Waals surface area contributed by atoms with Crippen LogP contribution in [0, 0.1) is 17.8 Å². The van der Waals surface area contributed by atoms with Gasteiger partial charge in [0.05, 0.1) is 41.5 Å². The van der Waals surface area contributed by atoms with Gasteiger partial charge in [-0.25, -0.2) is 0 Å². The first-order chi connectivity index (χ1) is 27.4. The maximum Gasteiger partial charge on any atom is 2.00 e. The first-order valence-corrected chi connectivity index (χ1v) is 21.0. The van der Waals surface area contributed by atoms with Crippen molar-refractivity contribution in [1.82, 2.24) is 9.80 Å². The van der Waals surface area contributed by atoms with Crippen LogP contribution >= 0.6 is 0 Å². The second-order valence-electron chi connectivity index (χ2n) is 18.1. The van der Waals surface area contributed by atoms with Crippen molar-refractivity contribution in [3.63, 3.8) is 0 Å². The number of hydrogen-bond acceptors (Lipinski definition) is 18. The molecule has 0 unspecified atom stereocenters. The molecule has 3 aliphatic rings. The van der Waals surface area contributed by atoms with E-state index in [0.717, 1.165) is 13.8 Å². The number of aliphatic carboxylic acids is 2. The quantitative estimate of drug-likeness (QED) is 0.152. The Labute approximate surface area is 379 Å². The Hall–Kier alpha value is -1.30. The summed E-state index contributed by atoms with van der Waals surface area (Å²) in [6, 6.07) is -0.808. The summed E-state index contributed by atoms with van der Waals surface area (Å²) in [6.45, 7) is 20.0. The third-order valence-corrected chi connectivity index (χ3v) is 12.2. The molecule has 0 spiro atoms. The molecule has 0 saturated carbocycles. The van der Waals surface area contributed by atoms with Gasteiger partial charge >= 0.3 is 29.0 Å². The third-order valence-electron chi connectivity index (χ3n) is 12.2. The maximum absolute atomic E-state index is 14.2. The predicted molar refractivity (Wildman–Crippen MR) is 221 cm³/mol. The van der Waals surface area contributed by atoms with Crippen molar-refractivity contribution in [2.24, 2.45) is 17.8 Å². The van der Waals surface area contributed by atoms with Crippen LogP contribution in [0.1, 0.15) is 109 Å². The van der Waals surface area contributed by atoms with E-state index in [1.54, 1.807) is 41.5 Å². The van der Waals surface area contributed by atoms with E-state index in [0.29, 0.717) is 13.0 Å². The summed E-state index contributed by atoms with van der Waals surface area (Å²) in [6.07, 6.45) is -8.19. The van der Waals surface area contributed by atoms with Crippen LogP contribution in [0.15, 0.2) is 0 Å². The van der Waals surface area contributed by atoms with E-state index in [-0.39, 0.29) is 60.4 Å². The Bertz CT molecular complexity index is 1320. The van der Waals surface area contributed by atoms with Crippen LogP contribution in [-0.2, 0) is 42.8 Å². The number of cyclic esters (lactones) is 1. The SMILES string of the molecule is CC(=O)[O-].CC(=O)[O-].CC[C@H]1OC(=O)[C@H](C)[C@@H](O[C@H]2C[C@@](C)(OC)[C@@H](O)[C@H](C)O2)[C@H](C)[C@@H](O[C@@H]2O[C@H](C)C[C@H](N(C)C)[C@H]2O)[C@](C)(O)C[C@@H](C)CN(C)[C@H](C)[C@@H](O)[C@]1(C)O.[Mg+2]. The minimum atomic E-state index is -1.80. The van der Waals surface area contributed by atoms with Gasteiger partial charge in [0.25, 0.3) is 0 Å². The fourth-order valence-corrected chi connectivity index (χ4v) is 8.74. The standard InChI is InChI=1S/C38H72N2O12.2C2H4O2.Mg/c1-15-27-38(10,46)31(42)24(6)40(13)19-20(2)17-36(8,45)33(52-35-29(41)26(39(11)12)16-21(3)48-35)22(4)30(23(5)34(44)50-27)51-28-18-37(9,47-14)32(43)25(7)49-28;2*1-2(3)4;/h20-33,35,41-43,45-46H,15-19H2,1-14H3;2*1H3,(H,3,4);/q;;;+2/p-2/t20-,21-,22+,23-,24-,25+,26+,27-,28+,29-,30+,31-,32+,33-,35+,36-,37-,38-;;;/m1.../s1. The van der Waals surface area contributed by atoms with Crippen molar-refractivity contribution in [3.05, 3.63) is 0 Å². The zero-order valence-electron chi connectivity index (χ0n) is 39.5. The summed E-state index contributed by atoms with van der Waals surface area (Å²) in [5, 5.41) is 75.9. The van der Waals surface area contributed by atoms with Gasteiger partial charge in [-0.05, 0) is 109 Å². The number of rotatable bonds is 7. The average Bonchev–Trinajstić information content (AvgIpc) is 3.12. The van der Waals surface area contributed by atoms with Gasteiger partial charge in [0.15, 0.2) is 12.6 Å². The number of carboxylic acids is 2. The zero-order valence-corrected chi connectivity index (χ0v) is 40.9. The summed E-state index contributed by atoms with van der Waals surface area (Å²) in [5.41, 5.74) is -4.37. The van der Waals surface area contributed by atoms with Crippen LogP contribution in [-0.4, -0.2) is 201 Å². The number of ether oxygens (including phenoxy) is 6. The molecule has 3 rings (SSSR count). The van der Waals surface area contributed by atoms with E-state index in [1.807, 2.05) is 51.7 Å². The van der Waals surface area contributed by atoms with Gasteiger partial charge < -0.3 is 83.6 Å². The van der Waals surface area contributed by atoms with Gasteiger partial charge in [-0.15, -0.1) is 0 Å². The number of carboxylic acid groups (broad SMARTS) is 2. The van der Waals surface area contributed by atoms with Gasteiger partial charge in [-0.2, -0.15) is 0 Å². The predicted octanol–water partition coefficient (Wildman–Crippen LogP) is -0.968. The van der Waals surface area contributed by atoms with Crippen LogP contribution in [0.3, 0.4) is 0 Å². The summed E-state index contributed by atoms with van der Waals surface area (Å²) in [7, 11) is 7.12. The maximum atomic E-state index is 14.2. The molecule has 0 aromatic carbocycles. The topological polar surface area (TPSA) is 260 Å². The number of likely N-dealkylation sites (N-methyl/N-ethyl adjacent to an activating group) is 2. The van der Waals surface area contributed by atoms with Crippen molar-refractivity contribution in [2.75, 3.05) is 34.8 Å². The molecular formula is C42H78MgN2O16. The molecule has 0 radical (unpaired) electrons. The van der Waals surface area contributed by atoms with Gasteiger partial charge in [-0.1, -0.05) is 20.8 Å². The third kappa shape index (κ3) is 16.9. The summed E-state index contributed by atoms with van der Waals surface area (Å²) >= 11 is 0. The van der Waals surface area contributed by atoms with Crippen molar-refractivity contribution >= 4 is 41.0 Å².